The number of nitrogens with zero attached hydrogens (tertiary/aromatic N) is 3. The second-order valence-electron chi connectivity index (χ2n) is 5.64. The van der Waals surface area contributed by atoms with Gasteiger partial charge in [0.25, 0.3) is 0 Å². The summed E-state index contributed by atoms with van der Waals surface area (Å²) in [6, 6.07) is 0. The summed E-state index contributed by atoms with van der Waals surface area (Å²) < 4.78 is 6.63. The van der Waals surface area contributed by atoms with Crippen molar-refractivity contribution >= 4 is 11.5 Å². The van der Waals surface area contributed by atoms with Crippen molar-refractivity contribution in [1.82, 2.24) is 9.78 Å². The number of aromatic nitrogens is 2. The molecule has 0 fully saturated rings. The first-order valence-corrected chi connectivity index (χ1v) is 6.75. The Balaban J connectivity index is 2.87. The summed E-state index contributed by atoms with van der Waals surface area (Å²) in [6.45, 7) is 7.35. The van der Waals surface area contributed by atoms with Gasteiger partial charge in [0.1, 0.15) is 5.69 Å². The molecule has 0 atom stereocenters. The lowest BCUT2D eigenvalue weighted by Gasteiger charge is -2.24. The molecule has 0 amide bonds. The average molecular weight is 284 g/mol. The molecule has 1 rings (SSSR count). The predicted octanol–water partition coefficient (Wildman–Crippen LogP) is 2.37. The Kier molecular flexibility index (Phi) is 5.50. The van der Waals surface area contributed by atoms with Gasteiger partial charge in [0, 0.05) is 27.3 Å². The van der Waals surface area contributed by atoms with Gasteiger partial charge >= 0.3 is 5.69 Å². The summed E-state index contributed by atoms with van der Waals surface area (Å²) in [5.74, 6) is 0.470. The van der Waals surface area contributed by atoms with Crippen molar-refractivity contribution in [3.05, 3.63) is 15.8 Å². The summed E-state index contributed by atoms with van der Waals surface area (Å²) >= 11 is 0. The number of aryl methyl sites for hydroxylation is 2. The number of hydrogen-bond acceptors (Lipinski definition) is 5. The third kappa shape index (κ3) is 3.93. The zero-order valence-corrected chi connectivity index (χ0v) is 12.9. The molecule has 7 nitrogen and oxygen atoms in total. The first-order valence-electron chi connectivity index (χ1n) is 6.75. The molecule has 1 heterocycles. The van der Waals surface area contributed by atoms with Gasteiger partial charge in [-0.05, 0) is 18.3 Å². The predicted molar refractivity (Wildman–Crippen MR) is 78.0 cm³/mol. The van der Waals surface area contributed by atoms with Crippen LogP contribution in [-0.2, 0) is 18.2 Å². The SMILES string of the molecule is CCc1nn(C)c(NCC(C)(C)CCOC)c1[N+](=O)[O-]. The van der Waals surface area contributed by atoms with E-state index < -0.39 is 0 Å². The maximum absolute atomic E-state index is 11.2. The minimum absolute atomic E-state index is 0.0134. The lowest BCUT2D eigenvalue weighted by atomic mass is 9.90. The van der Waals surface area contributed by atoms with E-state index in [1.807, 2.05) is 6.92 Å². The van der Waals surface area contributed by atoms with E-state index in [-0.39, 0.29) is 16.0 Å². The van der Waals surface area contributed by atoms with Gasteiger partial charge in [-0.2, -0.15) is 5.10 Å². The molecule has 0 bridgehead atoms. The van der Waals surface area contributed by atoms with Crippen LogP contribution in [-0.4, -0.2) is 35.0 Å². The van der Waals surface area contributed by atoms with Gasteiger partial charge < -0.3 is 10.1 Å². The fraction of sp³-hybridized carbons (Fsp3) is 0.769. The maximum Gasteiger partial charge on any atom is 0.333 e. The van der Waals surface area contributed by atoms with Gasteiger partial charge in [-0.3, -0.25) is 10.1 Å². The van der Waals surface area contributed by atoms with E-state index in [1.54, 1.807) is 18.8 Å². The number of hydrogen-bond donors (Lipinski definition) is 1. The van der Waals surface area contributed by atoms with Crippen molar-refractivity contribution in [2.45, 2.75) is 33.6 Å². The molecule has 0 unspecified atom stereocenters. The minimum atomic E-state index is -0.365. The highest BCUT2D eigenvalue weighted by molar-refractivity contribution is 5.59. The Morgan fingerprint density at radius 3 is 2.65 bits per heavy atom. The summed E-state index contributed by atoms with van der Waals surface area (Å²) in [7, 11) is 3.39. The molecular weight excluding hydrogens is 260 g/mol. The van der Waals surface area contributed by atoms with Crippen molar-refractivity contribution in [2.24, 2.45) is 12.5 Å². The van der Waals surface area contributed by atoms with Crippen LogP contribution in [0, 0.1) is 15.5 Å². The first-order chi connectivity index (χ1) is 9.32. The molecule has 1 aromatic rings. The number of anilines is 1. The van der Waals surface area contributed by atoms with E-state index in [0.717, 1.165) is 6.42 Å². The van der Waals surface area contributed by atoms with E-state index in [4.69, 9.17) is 4.74 Å². The first kappa shape index (κ1) is 16.4. The highest BCUT2D eigenvalue weighted by Crippen LogP contribution is 2.30. The zero-order valence-electron chi connectivity index (χ0n) is 12.9. The second-order valence-corrected chi connectivity index (χ2v) is 5.64. The van der Waals surface area contributed by atoms with Gasteiger partial charge in [-0.15, -0.1) is 0 Å². The second kappa shape index (κ2) is 6.69. The number of rotatable bonds is 8. The topological polar surface area (TPSA) is 82.2 Å². The fourth-order valence-electron chi connectivity index (χ4n) is 1.99. The molecule has 0 spiro atoms. The van der Waals surface area contributed by atoms with E-state index in [1.165, 1.54) is 0 Å². The summed E-state index contributed by atoms with van der Waals surface area (Å²) in [5.41, 5.74) is 0.577. The quantitative estimate of drug-likeness (QED) is 0.585. The molecule has 0 saturated carbocycles. The third-order valence-electron chi connectivity index (χ3n) is 3.33. The van der Waals surface area contributed by atoms with Gasteiger partial charge in [0.15, 0.2) is 0 Å². The molecule has 114 valence electrons. The Morgan fingerprint density at radius 2 is 2.15 bits per heavy atom. The molecule has 1 N–H and O–H groups in total. The standard InChI is InChI=1S/C13H24N4O3/c1-6-10-11(17(18)19)12(16(4)15-10)14-9-13(2,3)7-8-20-5/h14H,6-9H2,1-5H3. The van der Waals surface area contributed by atoms with Crippen LogP contribution < -0.4 is 5.32 Å². The Morgan fingerprint density at radius 1 is 1.50 bits per heavy atom. The summed E-state index contributed by atoms with van der Waals surface area (Å²) in [6.07, 6.45) is 1.42. The van der Waals surface area contributed by atoms with E-state index >= 15 is 0 Å². The van der Waals surface area contributed by atoms with Crippen LogP contribution >= 0.6 is 0 Å². The molecule has 20 heavy (non-hydrogen) atoms. The van der Waals surface area contributed by atoms with Crippen molar-refractivity contribution in [1.29, 1.82) is 0 Å². The molecule has 0 aliphatic heterocycles. The Bertz CT molecular complexity index is 468. The molecule has 7 heteroatoms. The van der Waals surface area contributed by atoms with Crippen LogP contribution in [0.2, 0.25) is 0 Å². The van der Waals surface area contributed by atoms with Crippen molar-refractivity contribution in [3.63, 3.8) is 0 Å². The third-order valence-corrected chi connectivity index (χ3v) is 3.33. The van der Waals surface area contributed by atoms with E-state index in [9.17, 15) is 10.1 Å². The smallest absolute Gasteiger partial charge is 0.333 e. The van der Waals surface area contributed by atoms with Gasteiger partial charge in [-0.1, -0.05) is 20.8 Å². The fourth-order valence-corrected chi connectivity index (χ4v) is 1.99. The van der Waals surface area contributed by atoms with E-state index in [2.05, 4.69) is 24.3 Å². The molecule has 0 aromatic carbocycles. The van der Waals surface area contributed by atoms with Crippen LogP contribution in [0.1, 0.15) is 32.9 Å². The normalized spacial score (nSPS) is 11.7. The lowest BCUT2D eigenvalue weighted by Crippen LogP contribution is -2.25. The number of nitrogens with one attached hydrogen (secondary N) is 1. The number of nitro groups is 1. The zero-order chi connectivity index (χ0) is 15.3. The van der Waals surface area contributed by atoms with Crippen molar-refractivity contribution in [3.8, 4) is 0 Å². The van der Waals surface area contributed by atoms with Gasteiger partial charge in [-0.25, -0.2) is 4.68 Å². The van der Waals surface area contributed by atoms with Gasteiger partial charge in [0.2, 0.25) is 5.82 Å². The largest absolute Gasteiger partial charge is 0.385 e. The van der Waals surface area contributed by atoms with Crippen LogP contribution in [0.15, 0.2) is 0 Å². The molecular formula is C13H24N4O3. The molecule has 0 aliphatic carbocycles. The van der Waals surface area contributed by atoms with Crippen LogP contribution in [0.3, 0.4) is 0 Å². The van der Waals surface area contributed by atoms with Crippen molar-refractivity contribution < 1.29 is 9.66 Å². The molecule has 0 radical (unpaired) electrons. The number of methoxy groups -OCH3 is 1. The molecule has 1 aromatic heterocycles. The lowest BCUT2D eigenvalue weighted by molar-refractivity contribution is -0.384. The van der Waals surface area contributed by atoms with Crippen molar-refractivity contribution in [2.75, 3.05) is 25.6 Å². The number of ether oxygens (including phenoxy) is 1. The monoisotopic (exact) mass is 284 g/mol. The summed E-state index contributed by atoms with van der Waals surface area (Å²) in [5, 5.41) is 18.6. The molecule has 0 aliphatic rings. The van der Waals surface area contributed by atoms with Crippen LogP contribution in [0.25, 0.3) is 0 Å². The highest BCUT2D eigenvalue weighted by atomic mass is 16.6. The van der Waals surface area contributed by atoms with E-state index in [0.29, 0.717) is 31.1 Å². The average Bonchev–Trinajstić information content (AvgIpc) is 2.70. The Hall–Kier alpha value is -1.63. The van der Waals surface area contributed by atoms with Crippen LogP contribution in [0.5, 0.6) is 0 Å². The van der Waals surface area contributed by atoms with Crippen LogP contribution in [0.4, 0.5) is 11.5 Å². The van der Waals surface area contributed by atoms with Gasteiger partial charge in [0.05, 0.1) is 4.92 Å². The molecule has 0 saturated heterocycles. The minimum Gasteiger partial charge on any atom is -0.385 e. The summed E-state index contributed by atoms with van der Waals surface area (Å²) in [4.78, 5) is 10.8. The highest BCUT2D eigenvalue weighted by Gasteiger charge is 2.27. The maximum atomic E-state index is 11.2. The Labute approximate surface area is 119 Å².